The lowest BCUT2D eigenvalue weighted by Gasteiger charge is -1.97. The Bertz CT molecular complexity index is 134. The van der Waals surface area contributed by atoms with Crippen molar-refractivity contribution in [3.8, 4) is 0 Å². The Morgan fingerprint density at radius 1 is 1.70 bits per heavy atom. The first-order valence-electron chi connectivity index (χ1n) is 2.59. The van der Waals surface area contributed by atoms with Gasteiger partial charge in [0.05, 0.1) is 6.61 Å². The smallest absolute Gasteiger partial charge is 0.332 e. The van der Waals surface area contributed by atoms with Crippen LogP contribution in [0.5, 0.6) is 0 Å². The van der Waals surface area contributed by atoms with Crippen molar-refractivity contribution in [1.29, 1.82) is 0 Å². The highest BCUT2D eigenvalue weighted by molar-refractivity contribution is 5.70. The van der Waals surface area contributed by atoms with E-state index >= 15 is 0 Å². The van der Waals surface area contributed by atoms with Crippen LogP contribution in [0.1, 0.15) is 6.92 Å². The maximum Gasteiger partial charge on any atom is 0.332 e. The summed E-state index contributed by atoms with van der Waals surface area (Å²) in [7, 11) is 0. The molecule has 0 heterocycles. The predicted octanol–water partition coefficient (Wildman–Crippen LogP) is -0.242. The van der Waals surface area contributed by atoms with E-state index in [-0.39, 0.29) is 6.61 Å². The lowest BCUT2D eigenvalue weighted by Crippen LogP contribution is -2.15. The van der Waals surface area contributed by atoms with Crippen LogP contribution in [0.4, 0.5) is 0 Å². The molecule has 0 aromatic heterocycles. The predicted molar refractivity (Wildman–Crippen MR) is 29.6 cm³/mol. The van der Waals surface area contributed by atoms with E-state index < -0.39 is 17.7 Å². The fourth-order valence-corrected chi connectivity index (χ4v) is 0.308. The average molecular weight is 149 g/mol. The highest BCUT2D eigenvalue weighted by Crippen LogP contribution is 1.80. The molecule has 58 valence electrons. The maximum atomic E-state index is 10.3. The molecule has 0 aromatic carbocycles. The third-order valence-corrected chi connectivity index (χ3v) is 0.593. The zero-order valence-electron chi connectivity index (χ0n) is 5.40. The summed E-state index contributed by atoms with van der Waals surface area (Å²) in [5, 5.41) is 8.44. The first-order chi connectivity index (χ1) is 4.66. The van der Waals surface area contributed by atoms with Gasteiger partial charge in [0.2, 0.25) is 0 Å². The molecule has 0 atom stereocenters. The van der Waals surface area contributed by atoms with Gasteiger partial charge in [0.15, 0.2) is 6.61 Å². The summed E-state index contributed by atoms with van der Waals surface area (Å²) >= 11 is 0. The monoisotopic (exact) mass is 149 g/mol. The van der Waals surface area contributed by atoms with Gasteiger partial charge in [-0.05, 0) is 6.92 Å². The Kier molecular flexibility index (Phi) is 3.94. The Morgan fingerprint density at radius 2 is 2.30 bits per heavy atom. The van der Waals surface area contributed by atoms with Crippen molar-refractivity contribution in [2.45, 2.75) is 6.92 Å². The minimum absolute atomic E-state index is 0.194. The molecular formula is C4H7NO5. The van der Waals surface area contributed by atoms with E-state index in [4.69, 9.17) is 0 Å². The van der Waals surface area contributed by atoms with E-state index in [1.807, 2.05) is 0 Å². The molecule has 0 unspecified atom stereocenters. The standard InChI is InChI=1S/C4H7NO5/c1-2-9-4(6)3-10-5(7)8/h2-3H2,1H3. The van der Waals surface area contributed by atoms with Crippen LogP contribution in [0.3, 0.4) is 0 Å². The van der Waals surface area contributed by atoms with Gasteiger partial charge in [-0.3, -0.25) is 0 Å². The number of nitrogens with zero attached hydrogens (tertiary/aromatic N) is 1. The zero-order chi connectivity index (χ0) is 7.98. The van der Waals surface area contributed by atoms with Crippen molar-refractivity contribution in [2.75, 3.05) is 13.2 Å². The Hall–Kier alpha value is -1.33. The second-order valence-corrected chi connectivity index (χ2v) is 1.30. The molecule has 6 heteroatoms. The first kappa shape index (κ1) is 8.67. The van der Waals surface area contributed by atoms with Crippen molar-refractivity contribution >= 4 is 5.97 Å². The Labute approximate surface area is 56.8 Å². The minimum atomic E-state index is -1.04. The number of esters is 1. The van der Waals surface area contributed by atoms with E-state index in [0.29, 0.717) is 0 Å². The Morgan fingerprint density at radius 3 is 2.70 bits per heavy atom. The molecular weight excluding hydrogens is 142 g/mol. The molecule has 0 fully saturated rings. The normalized spacial score (nSPS) is 8.50. The van der Waals surface area contributed by atoms with Crippen LogP contribution in [-0.4, -0.2) is 24.3 Å². The molecule has 0 N–H and O–H groups in total. The highest BCUT2D eigenvalue weighted by atomic mass is 17.0. The van der Waals surface area contributed by atoms with Crippen LogP contribution in [-0.2, 0) is 14.4 Å². The van der Waals surface area contributed by atoms with Gasteiger partial charge in [-0.2, -0.15) is 0 Å². The minimum Gasteiger partial charge on any atom is -0.465 e. The molecule has 0 bridgehead atoms. The molecule has 0 spiro atoms. The van der Waals surface area contributed by atoms with Crippen LogP contribution in [0, 0.1) is 10.1 Å². The third kappa shape index (κ3) is 4.82. The van der Waals surface area contributed by atoms with E-state index in [1.165, 1.54) is 0 Å². The molecule has 0 saturated heterocycles. The summed E-state index contributed by atoms with van der Waals surface area (Å²) in [5.74, 6) is -0.737. The van der Waals surface area contributed by atoms with Crippen LogP contribution in [0.2, 0.25) is 0 Å². The molecule has 6 nitrogen and oxygen atoms in total. The Balaban J connectivity index is 3.30. The second-order valence-electron chi connectivity index (χ2n) is 1.30. The number of rotatable bonds is 4. The molecule has 0 amide bonds. The lowest BCUT2D eigenvalue weighted by molar-refractivity contribution is -0.754. The summed E-state index contributed by atoms with van der Waals surface area (Å²) in [6.45, 7) is 1.16. The second kappa shape index (κ2) is 4.54. The molecule has 0 aliphatic carbocycles. The molecule has 0 aliphatic rings. The van der Waals surface area contributed by atoms with Crippen molar-refractivity contribution < 1.29 is 19.5 Å². The SMILES string of the molecule is CCOC(=O)CO[N+](=O)[O-]. The van der Waals surface area contributed by atoms with Crippen LogP contribution in [0.25, 0.3) is 0 Å². The van der Waals surface area contributed by atoms with E-state index in [1.54, 1.807) is 6.92 Å². The first-order valence-corrected chi connectivity index (χ1v) is 2.59. The molecule has 0 saturated carbocycles. The molecule has 10 heavy (non-hydrogen) atoms. The molecule has 0 rings (SSSR count). The number of hydrogen-bond acceptors (Lipinski definition) is 5. The summed E-state index contributed by atoms with van der Waals surface area (Å²) < 4.78 is 4.32. The van der Waals surface area contributed by atoms with Gasteiger partial charge < -0.3 is 9.57 Å². The van der Waals surface area contributed by atoms with Gasteiger partial charge in [-0.25, -0.2) is 4.79 Å². The van der Waals surface area contributed by atoms with Gasteiger partial charge in [0, 0.05) is 0 Å². The lowest BCUT2D eigenvalue weighted by atomic mass is 10.7. The van der Waals surface area contributed by atoms with Gasteiger partial charge in [-0.15, -0.1) is 10.1 Å². The van der Waals surface area contributed by atoms with Crippen LogP contribution >= 0.6 is 0 Å². The van der Waals surface area contributed by atoms with Crippen molar-refractivity contribution in [3.63, 3.8) is 0 Å². The molecule has 0 radical (unpaired) electrons. The van der Waals surface area contributed by atoms with Gasteiger partial charge in [-0.1, -0.05) is 0 Å². The highest BCUT2D eigenvalue weighted by Gasteiger charge is 2.03. The number of carbonyl (C=O) groups excluding carboxylic acids is 1. The largest absolute Gasteiger partial charge is 0.465 e. The summed E-state index contributed by atoms with van der Waals surface area (Å²) in [6, 6.07) is 0. The van der Waals surface area contributed by atoms with Crippen molar-refractivity contribution in [3.05, 3.63) is 10.1 Å². The third-order valence-electron chi connectivity index (χ3n) is 0.593. The van der Waals surface area contributed by atoms with Crippen molar-refractivity contribution in [1.82, 2.24) is 0 Å². The van der Waals surface area contributed by atoms with Gasteiger partial charge >= 0.3 is 5.97 Å². The number of carbonyl (C=O) groups is 1. The van der Waals surface area contributed by atoms with E-state index in [2.05, 4.69) is 9.57 Å². The van der Waals surface area contributed by atoms with Crippen LogP contribution in [0.15, 0.2) is 0 Å². The molecule has 0 aliphatic heterocycles. The number of hydrogen-bond donors (Lipinski definition) is 0. The quantitative estimate of drug-likeness (QED) is 0.313. The van der Waals surface area contributed by atoms with E-state index in [0.717, 1.165) is 0 Å². The van der Waals surface area contributed by atoms with E-state index in [9.17, 15) is 14.9 Å². The van der Waals surface area contributed by atoms with Gasteiger partial charge in [0.25, 0.3) is 5.09 Å². The average Bonchev–Trinajstić information content (AvgIpc) is 1.85. The van der Waals surface area contributed by atoms with Crippen LogP contribution < -0.4 is 0 Å². The fourth-order valence-electron chi connectivity index (χ4n) is 0.308. The topological polar surface area (TPSA) is 78.7 Å². The summed E-state index contributed by atoms with van der Waals surface area (Å²) in [5.41, 5.74) is 0. The van der Waals surface area contributed by atoms with Crippen molar-refractivity contribution in [2.24, 2.45) is 0 Å². The summed E-state index contributed by atoms with van der Waals surface area (Å²) in [6.07, 6.45) is 0. The number of ether oxygens (including phenoxy) is 1. The molecule has 0 aromatic rings. The zero-order valence-corrected chi connectivity index (χ0v) is 5.40. The summed E-state index contributed by atoms with van der Waals surface area (Å²) in [4.78, 5) is 23.5. The maximum absolute atomic E-state index is 10.3. The fraction of sp³-hybridized carbons (Fsp3) is 0.750. The van der Waals surface area contributed by atoms with Gasteiger partial charge in [0.1, 0.15) is 0 Å².